The van der Waals surface area contributed by atoms with Crippen molar-refractivity contribution in [3.8, 4) is 0 Å². The molecule has 1 aromatic rings. The quantitative estimate of drug-likeness (QED) is 0.771. The molecule has 0 saturated heterocycles. The normalized spacial score (nSPS) is 10.6. The van der Waals surface area contributed by atoms with Gasteiger partial charge < -0.3 is 5.32 Å². The molecule has 1 N–H and O–H groups in total. The molecule has 0 saturated carbocycles. The minimum Gasteiger partial charge on any atom is -0.353 e. The molecule has 0 radical (unpaired) electrons. The van der Waals surface area contributed by atoms with Gasteiger partial charge >= 0.3 is 0 Å². The monoisotopic (exact) mass is 212 g/mol. The zero-order valence-corrected chi connectivity index (χ0v) is 8.13. The number of halogens is 2. The molecule has 5 heteroatoms. The number of pyridine rings is 1. The fourth-order valence-electron chi connectivity index (χ4n) is 0.936. The number of rotatable bonds is 3. The number of hydrogen-bond acceptors (Lipinski definition) is 2. The second kappa shape index (κ2) is 5.19. The Hall–Kier alpha value is -1.78. The lowest BCUT2D eigenvalue weighted by Gasteiger charge is -1.96. The summed E-state index contributed by atoms with van der Waals surface area (Å²) in [5.74, 6) is -1.89. The molecule has 0 aliphatic heterocycles. The van der Waals surface area contributed by atoms with Crippen molar-refractivity contribution in [3.05, 3.63) is 35.7 Å². The van der Waals surface area contributed by atoms with Crippen molar-refractivity contribution in [2.75, 3.05) is 6.54 Å². The van der Waals surface area contributed by atoms with Crippen LogP contribution in [0.5, 0.6) is 0 Å². The average molecular weight is 212 g/mol. The second-order valence-corrected chi connectivity index (χ2v) is 2.85. The van der Waals surface area contributed by atoms with E-state index in [0.717, 1.165) is 6.07 Å². The van der Waals surface area contributed by atoms with Crippen LogP contribution in [-0.2, 0) is 4.79 Å². The molecule has 0 atom stereocenters. The first kappa shape index (κ1) is 11.3. The van der Waals surface area contributed by atoms with Crippen LogP contribution >= 0.6 is 0 Å². The predicted octanol–water partition coefficient (Wildman–Crippen LogP) is 1.51. The highest BCUT2D eigenvalue weighted by molar-refractivity contribution is 5.73. The number of carbonyl (C=O) groups excluding carboxylic acids is 1. The molecule has 0 spiro atoms. The van der Waals surface area contributed by atoms with E-state index in [1.54, 1.807) is 6.08 Å². The Morgan fingerprint density at radius 1 is 1.53 bits per heavy atom. The van der Waals surface area contributed by atoms with Crippen molar-refractivity contribution < 1.29 is 13.6 Å². The van der Waals surface area contributed by atoms with Crippen LogP contribution in [0.2, 0.25) is 0 Å². The smallest absolute Gasteiger partial charge is 0.222 e. The summed E-state index contributed by atoms with van der Waals surface area (Å²) in [5.41, 5.74) is 0.182. The van der Waals surface area contributed by atoms with Crippen LogP contribution in [0.25, 0.3) is 6.08 Å². The van der Waals surface area contributed by atoms with Crippen molar-refractivity contribution in [1.29, 1.82) is 0 Å². The summed E-state index contributed by atoms with van der Waals surface area (Å²) in [5, 5.41) is 2.50. The maximum atomic E-state index is 12.9. The van der Waals surface area contributed by atoms with Crippen LogP contribution in [0.1, 0.15) is 12.5 Å². The van der Waals surface area contributed by atoms with Crippen LogP contribution in [0.15, 0.2) is 18.2 Å². The fourth-order valence-corrected chi connectivity index (χ4v) is 0.936. The van der Waals surface area contributed by atoms with Gasteiger partial charge in [0.2, 0.25) is 17.8 Å². The van der Waals surface area contributed by atoms with Crippen LogP contribution in [0.4, 0.5) is 8.78 Å². The second-order valence-electron chi connectivity index (χ2n) is 2.85. The minimum atomic E-state index is -0.867. The summed E-state index contributed by atoms with van der Waals surface area (Å²) in [7, 11) is 0. The van der Waals surface area contributed by atoms with Gasteiger partial charge in [-0.15, -0.1) is 0 Å². The summed E-state index contributed by atoms with van der Waals surface area (Å²) in [4.78, 5) is 13.5. The third kappa shape index (κ3) is 3.84. The Morgan fingerprint density at radius 2 is 2.27 bits per heavy atom. The first-order valence-corrected chi connectivity index (χ1v) is 4.32. The first-order chi connectivity index (χ1) is 7.09. The maximum absolute atomic E-state index is 12.9. The van der Waals surface area contributed by atoms with Gasteiger partial charge in [-0.05, 0) is 12.1 Å². The van der Waals surface area contributed by atoms with E-state index in [1.165, 1.54) is 19.1 Å². The van der Waals surface area contributed by atoms with Crippen molar-refractivity contribution in [3.63, 3.8) is 0 Å². The highest BCUT2D eigenvalue weighted by atomic mass is 19.1. The summed E-state index contributed by atoms with van der Waals surface area (Å²) in [6, 6.07) is 2.35. The molecule has 3 nitrogen and oxygen atoms in total. The van der Waals surface area contributed by atoms with Gasteiger partial charge in [0.25, 0.3) is 0 Å². The van der Waals surface area contributed by atoms with E-state index in [1.807, 2.05) is 0 Å². The van der Waals surface area contributed by atoms with E-state index < -0.39 is 11.9 Å². The highest BCUT2D eigenvalue weighted by Gasteiger charge is 2.00. The van der Waals surface area contributed by atoms with Gasteiger partial charge in [-0.25, -0.2) is 0 Å². The predicted molar refractivity (Wildman–Crippen MR) is 51.9 cm³/mol. The van der Waals surface area contributed by atoms with Gasteiger partial charge in [-0.2, -0.15) is 13.8 Å². The molecule has 80 valence electrons. The molecule has 0 aliphatic carbocycles. The minimum absolute atomic E-state index is 0.169. The lowest BCUT2D eigenvalue weighted by atomic mass is 10.2. The van der Waals surface area contributed by atoms with E-state index in [0.29, 0.717) is 6.54 Å². The molecule has 0 aromatic carbocycles. The van der Waals surface area contributed by atoms with E-state index >= 15 is 0 Å². The summed E-state index contributed by atoms with van der Waals surface area (Å²) < 4.78 is 25.4. The Morgan fingerprint density at radius 3 is 2.87 bits per heavy atom. The summed E-state index contributed by atoms with van der Waals surface area (Å²) in [6.07, 6.45) is 2.98. The van der Waals surface area contributed by atoms with Gasteiger partial charge in [-0.1, -0.05) is 12.2 Å². The van der Waals surface area contributed by atoms with Crippen LogP contribution in [-0.4, -0.2) is 17.4 Å². The third-order valence-corrected chi connectivity index (χ3v) is 1.61. The van der Waals surface area contributed by atoms with Crippen LogP contribution in [0.3, 0.4) is 0 Å². The Labute approximate surface area is 85.8 Å². The molecule has 0 fully saturated rings. The zero-order valence-electron chi connectivity index (χ0n) is 8.13. The molecule has 1 amide bonds. The molecule has 1 aromatic heterocycles. The highest BCUT2D eigenvalue weighted by Crippen LogP contribution is 2.06. The van der Waals surface area contributed by atoms with E-state index in [4.69, 9.17) is 0 Å². The first-order valence-electron chi connectivity index (χ1n) is 4.32. The number of hydrogen-bond donors (Lipinski definition) is 1. The number of amides is 1. The van der Waals surface area contributed by atoms with Crippen molar-refractivity contribution in [2.45, 2.75) is 6.92 Å². The molecule has 0 aliphatic rings. The third-order valence-electron chi connectivity index (χ3n) is 1.61. The van der Waals surface area contributed by atoms with E-state index in [9.17, 15) is 13.6 Å². The fraction of sp³-hybridized carbons (Fsp3) is 0.200. The van der Waals surface area contributed by atoms with Crippen LogP contribution < -0.4 is 5.32 Å². The Balaban J connectivity index is 2.60. The maximum Gasteiger partial charge on any atom is 0.222 e. The zero-order chi connectivity index (χ0) is 11.3. The standard InChI is InChI=1S/C10H10F2N2O/c1-7(15)13-6-2-3-8-4-5-9(11)14-10(8)12/h2-5H,6H2,1H3,(H,13,15). The SMILES string of the molecule is CC(=O)NCC=Cc1ccc(F)nc1F. The Bertz CT molecular complexity index is 391. The van der Waals surface area contributed by atoms with Gasteiger partial charge in [0.1, 0.15) is 0 Å². The van der Waals surface area contributed by atoms with E-state index in [2.05, 4.69) is 10.3 Å². The average Bonchev–Trinajstić information content (AvgIpc) is 2.14. The Kier molecular flexibility index (Phi) is 3.91. The number of nitrogens with one attached hydrogen (secondary N) is 1. The molecule has 0 unspecified atom stereocenters. The summed E-state index contributed by atoms with van der Waals surface area (Å²) in [6.45, 7) is 1.68. The summed E-state index contributed by atoms with van der Waals surface area (Å²) >= 11 is 0. The van der Waals surface area contributed by atoms with E-state index in [-0.39, 0.29) is 11.5 Å². The van der Waals surface area contributed by atoms with Crippen LogP contribution in [0, 0.1) is 11.9 Å². The number of nitrogens with zero attached hydrogens (tertiary/aromatic N) is 1. The molecular formula is C10H10F2N2O. The molecule has 1 rings (SSSR count). The van der Waals surface area contributed by atoms with Gasteiger partial charge in [0, 0.05) is 19.0 Å². The van der Waals surface area contributed by atoms with Gasteiger partial charge in [0.05, 0.1) is 0 Å². The topological polar surface area (TPSA) is 42.0 Å². The largest absolute Gasteiger partial charge is 0.353 e. The van der Waals surface area contributed by atoms with Crippen molar-refractivity contribution >= 4 is 12.0 Å². The molecule has 15 heavy (non-hydrogen) atoms. The van der Waals surface area contributed by atoms with Crippen molar-refractivity contribution in [1.82, 2.24) is 10.3 Å². The van der Waals surface area contributed by atoms with Crippen molar-refractivity contribution in [2.24, 2.45) is 0 Å². The number of aromatic nitrogens is 1. The lowest BCUT2D eigenvalue weighted by Crippen LogP contribution is -2.19. The molecule has 0 bridgehead atoms. The lowest BCUT2D eigenvalue weighted by molar-refractivity contribution is -0.118. The molecule has 1 heterocycles. The van der Waals surface area contributed by atoms with Gasteiger partial charge in [-0.3, -0.25) is 4.79 Å². The van der Waals surface area contributed by atoms with Gasteiger partial charge in [0.15, 0.2) is 0 Å². The molecular weight excluding hydrogens is 202 g/mol. The number of carbonyl (C=O) groups is 1.